The van der Waals surface area contributed by atoms with Crippen molar-refractivity contribution in [1.82, 2.24) is 4.90 Å². The average molecular weight is 590 g/mol. The van der Waals surface area contributed by atoms with E-state index in [0.717, 1.165) is 12.8 Å². The van der Waals surface area contributed by atoms with Crippen LogP contribution in [0.25, 0.3) is 0 Å². The Kier molecular flexibility index (Phi) is 23.3. The van der Waals surface area contributed by atoms with Gasteiger partial charge in [0.1, 0.15) is 32.2 Å². The predicted molar refractivity (Wildman–Crippen MR) is 154 cm³/mol. The van der Waals surface area contributed by atoms with Gasteiger partial charge in [-0.3, -0.25) is 24.1 Å². The molecular formula is C30H55NO10. The van der Waals surface area contributed by atoms with Crippen LogP contribution in [-0.2, 0) is 47.6 Å². The SMILES string of the molecule is CCCOCOCCOC(=O)CCCCC(=O)OCCN(CCOC(=O)CC)CCC(=O)C(C)(C)OCCC(C)C. The molecular weight excluding hydrogens is 534 g/mol. The summed E-state index contributed by atoms with van der Waals surface area (Å²) < 4.78 is 31.8. The summed E-state index contributed by atoms with van der Waals surface area (Å²) in [6, 6.07) is 0. The van der Waals surface area contributed by atoms with Crippen molar-refractivity contribution in [2.24, 2.45) is 5.92 Å². The van der Waals surface area contributed by atoms with Crippen LogP contribution in [0.5, 0.6) is 0 Å². The molecule has 0 atom stereocenters. The number of Topliss-reactive ketones (excluding diaryl/α,β-unsaturated/α-hetero) is 1. The third kappa shape index (κ3) is 23.2. The van der Waals surface area contributed by atoms with E-state index in [4.69, 9.17) is 28.4 Å². The molecule has 0 heterocycles. The topological polar surface area (TPSA) is 127 Å². The second kappa shape index (κ2) is 24.5. The fourth-order valence-corrected chi connectivity index (χ4v) is 3.42. The number of hydrogen-bond donors (Lipinski definition) is 0. The second-order valence-electron chi connectivity index (χ2n) is 10.7. The fourth-order valence-electron chi connectivity index (χ4n) is 3.42. The second-order valence-corrected chi connectivity index (χ2v) is 10.7. The fraction of sp³-hybridized carbons (Fsp3) is 0.867. The molecule has 0 amide bonds. The third-order valence-electron chi connectivity index (χ3n) is 6.13. The predicted octanol–water partition coefficient (Wildman–Crippen LogP) is 4.09. The number of unbranched alkanes of at least 4 members (excludes halogenated alkanes) is 1. The number of rotatable bonds is 27. The van der Waals surface area contributed by atoms with E-state index in [1.54, 1.807) is 20.8 Å². The van der Waals surface area contributed by atoms with Crippen molar-refractivity contribution in [3.8, 4) is 0 Å². The first-order valence-electron chi connectivity index (χ1n) is 15.0. The highest BCUT2D eigenvalue weighted by Crippen LogP contribution is 2.15. The quantitative estimate of drug-likeness (QED) is 0.0595. The van der Waals surface area contributed by atoms with Crippen molar-refractivity contribution in [1.29, 1.82) is 0 Å². The van der Waals surface area contributed by atoms with Crippen molar-refractivity contribution >= 4 is 23.7 Å². The zero-order valence-electron chi connectivity index (χ0n) is 26.3. The Morgan fingerprint density at radius 1 is 0.683 bits per heavy atom. The maximum absolute atomic E-state index is 12.8. The van der Waals surface area contributed by atoms with Gasteiger partial charge in [0.15, 0.2) is 5.78 Å². The number of hydrogen-bond acceptors (Lipinski definition) is 11. The lowest BCUT2D eigenvalue weighted by Gasteiger charge is -2.27. The molecule has 11 heteroatoms. The van der Waals surface area contributed by atoms with E-state index in [2.05, 4.69) is 13.8 Å². The summed E-state index contributed by atoms with van der Waals surface area (Å²) in [7, 11) is 0. The molecule has 0 bridgehead atoms. The molecule has 0 unspecified atom stereocenters. The van der Waals surface area contributed by atoms with Gasteiger partial charge in [-0.05, 0) is 45.4 Å². The molecule has 0 aliphatic heterocycles. The molecule has 0 aromatic carbocycles. The molecule has 0 N–H and O–H groups in total. The summed E-state index contributed by atoms with van der Waals surface area (Å²) in [5.74, 6) is -0.499. The molecule has 0 fully saturated rings. The minimum absolute atomic E-state index is 0.0131. The van der Waals surface area contributed by atoms with E-state index >= 15 is 0 Å². The maximum atomic E-state index is 12.8. The van der Waals surface area contributed by atoms with Crippen LogP contribution in [0.4, 0.5) is 0 Å². The third-order valence-corrected chi connectivity index (χ3v) is 6.13. The smallest absolute Gasteiger partial charge is 0.305 e. The number of ketones is 1. The van der Waals surface area contributed by atoms with Crippen LogP contribution in [-0.4, -0.2) is 100 Å². The summed E-state index contributed by atoms with van der Waals surface area (Å²) in [4.78, 5) is 50.2. The van der Waals surface area contributed by atoms with Gasteiger partial charge in [-0.25, -0.2) is 0 Å². The van der Waals surface area contributed by atoms with Gasteiger partial charge in [0.25, 0.3) is 0 Å². The van der Waals surface area contributed by atoms with Crippen LogP contribution in [0.2, 0.25) is 0 Å². The molecule has 0 radical (unpaired) electrons. The normalized spacial score (nSPS) is 11.6. The highest BCUT2D eigenvalue weighted by atomic mass is 16.7. The van der Waals surface area contributed by atoms with Crippen molar-refractivity contribution in [3.63, 3.8) is 0 Å². The summed E-state index contributed by atoms with van der Waals surface area (Å²) in [6.45, 7) is 14.9. The van der Waals surface area contributed by atoms with Gasteiger partial charge in [-0.15, -0.1) is 0 Å². The molecule has 0 saturated heterocycles. The van der Waals surface area contributed by atoms with Gasteiger partial charge in [-0.2, -0.15) is 0 Å². The lowest BCUT2D eigenvalue weighted by atomic mass is 10.00. The molecule has 0 saturated carbocycles. The van der Waals surface area contributed by atoms with E-state index in [9.17, 15) is 19.2 Å². The Morgan fingerprint density at radius 2 is 1.24 bits per heavy atom. The molecule has 0 aromatic heterocycles. The van der Waals surface area contributed by atoms with Crippen LogP contribution in [0, 0.1) is 5.92 Å². The highest BCUT2D eigenvalue weighted by Gasteiger charge is 2.28. The zero-order chi connectivity index (χ0) is 30.9. The summed E-state index contributed by atoms with van der Waals surface area (Å²) in [5.41, 5.74) is -0.884. The van der Waals surface area contributed by atoms with Gasteiger partial charge in [-0.1, -0.05) is 27.7 Å². The van der Waals surface area contributed by atoms with Gasteiger partial charge in [0.2, 0.25) is 0 Å². The number of esters is 3. The molecule has 0 rings (SSSR count). The summed E-state index contributed by atoms with van der Waals surface area (Å²) in [5, 5.41) is 0. The average Bonchev–Trinajstić information content (AvgIpc) is 2.92. The summed E-state index contributed by atoms with van der Waals surface area (Å²) in [6.07, 6.45) is 3.78. The first kappa shape index (κ1) is 38.9. The van der Waals surface area contributed by atoms with Gasteiger partial charge in [0.05, 0.1) is 6.61 Å². The van der Waals surface area contributed by atoms with E-state index < -0.39 is 5.60 Å². The molecule has 0 aliphatic rings. The Hall–Kier alpha value is -2.08. The van der Waals surface area contributed by atoms with Crippen molar-refractivity contribution < 1.29 is 47.6 Å². The van der Waals surface area contributed by atoms with E-state index in [1.165, 1.54) is 0 Å². The number of nitrogens with zero attached hydrogens (tertiary/aromatic N) is 1. The molecule has 0 spiro atoms. The van der Waals surface area contributed by atoms with Gasteiger partial charge in [0, 0.05) is 58.5 Å². The zero-order valence-corrected chi connectivity index (χ0v) is 26.3. The van der Waals surface area contributed by atoms with Crippen LogP contribution >= 0.6 is 0 Å². The first-order chi connectivity index (χ1) is 19.5. The van der Waals surface area contributed by atoms with E-state index in [0.29, 0.717) is 58.0 Å². The van der Waals surface area contributed by atoms with Crippen LogP contribution in [0.15, 0.2) is 0 Å². The number of carbonyl (C=O) groups excluding carboxylic acids is 4. The Balaban J connectivity index is 4.33. The van der Waals surface area contributed by atoms with Gasteiger partial charge < -0.3 is 28.4 Å². The minimum atomic E-state index is -0.884. The van der Waals surface area contributed by atoms with Gasteiger partial charge >= 0.3 is 17.9 Å². The molecule has 11 nitrogen and oxygen atoms in total. The molecule has 0 aliphatic carbocycles. The number of ether oxygens (including phenoxy) is 6. The lowest BCUT2D eigenvalue weighted by molar-refractivity contribution is -0.148. The lowest BCUT2D eigenvalue weighted by Crippen LogP contribution is -2.39. The van der Waals surface area contributed by atoms with Crippen molar-refractivity contribution in [3.05, 3.63) is 0 Å². The Labute approximate surface area is 246 Å². The van der Waals surface area contributed by atoms with Crippen LogP contribution in [0.3, 0.4) is 0 Å². The van der Waals surface area contributed by atoms with Crippen LogP contribution < -0.4 is 0 Å². The number of carbonyl (C=O) groups is 4. The monoisotopic (exact) mass is 589 g/mol. The molecule has 0 aromatic rings. The van der Waals surface area contributed by atoms with E-state index in [1.807, 2.05) is 11.8 Å². The minimum Gasteiger partial charge on any atom is -0.464 e. The van der Waals surface area contributed by atoms with Crippen molar-refractivity contribution in [2.75, 3.05) is 66.1 Å². The maximum Gasteiger partial charge on any atom is 0.305 e. The molecule has 240 valence electrons. The van der Waals surface area contributed by atoms with Crippen LogP contribution in [0.1, 0.15) is 92.9 Å². The first-order valence-corrected chi connectivity index (χ1v) is 15.0. The summed E-state index contributed by atoms with van der Waals surface area (Å²) >= 11 is 0. The standard InChI is InChI=1S/C30H55NO10/c1-7-18-36-24-37-22-23-40-29(35)12-10-9-11-28(34)39-21-17-31(16-20-38-27(33)8-2)15-13-26(32)30(5,6)41-19-14-25(3)4/h25H,7-24H2,1-6H3. The molecule has 41 heavy (non-hydrogen) atoms. The highest BCUT2D eigenvalue weighted by molar-refractivity contribution is 5.86. The van der Waals surface area contributed by atoms with Crippen molar-refractivity contribution in [2.45, 2.75) is 98.5 Å². The largest absolute Gasteiger partial charge is 0.464 e. The Bertz CT molecular complexity index is 726. The Morgan fingerprint density at radius 3 is 1.80 bits per heavy atom. The van der Waals surface area contributed by atoms with E-state index in [-0.39, 0.29) is 76.2 Å².